The van der Waals surface area contributed by atoms with Crippen molar-refractivity contribution in [3.05, 3.63) is 23.0 Å². The molecule has 0 aromatic carbocycles. The topological polar surface area (TPSA) is 32.9 Å². The minimum Gasteiger partial charge on any atom is -0.356 e. The summed E-state index contributed by atoms with van der Waals surface area (Å²) < 4.78 is 0. The maximum Gasteiger partial charge on any atom is 0.175 e. The number of H-pyrrole nitrogens is 1. The molecule has 1 aromatic heterocycles. The zero-order valence-electron chi connectivity index (χ0n) is 6.49. The summed E-state index contributed by atoms with van der Waals surface area (Å²) >= 11 is 0. The van der Waals surface area contributed by atoms with Crippen LogP contribution in [-0.4, -0.2) is 10.8 Å². The third kappa shape index (κ3) is 1.10. The lowest BCUT2D eigenvalue weighted by Crippen LogP contribution is -1.90. The minimum absolute atomic E-state index is 0.0937. The number of nitrogens with one attached hydrogen (secondary N) is 1. The number of ketones is 1. The van der Waals surface area contributed by atoms with Crippen LogP contribution in [0.3, 0.4) is 0 Å². The van der Waals surface area contributed by atoms with E-state index in [1.807, 2.05) is 19.9 Å². The first-order chi connectivity index (χ1) is 4.61. The van der Waals surface area contributed by atoms with Crippen LogP contribution in [0.2, 0.25) is 0 Å². The average Bonchev–Trinajstić information content (AvgIpc) is 2.13. The van der Waals surface area contributed by atoms with Gasteiger partial charge in [0.25, 0.3) is 0 Å². The number of Topliss-reactive ketones (excluding diaryl/α,β-unsaturated/α-hetero) is 1. The number of rotatable bonds is 1. The van der Waals surface area contributed by atoms with Gasteiger partial charge < -0.3 is 4.98 Å². The molecule has 0 unspecified atom stereocenters. The summed E-state index contributed by atoms with van der Waals surface area (Å²) in [4.78, 5) is 13.8. The summed E-state index contributed by atoms with van der Waals surface area (Å²) in [5.74, 6) is 0.0937. The highest BCUT2D eigenvalue weighted by molar-refractivity contribution is 5.92. The second kappa shape index (κ2) is 2.29. The normalized spacial score (nSPS) is 9.90. The quantitative estimate of drug-likeness (QED) is 0.588. The van der Waals surface area contributed by atoms with E-state index >= 15 is 0 Å². The van der Waals surface area contributed by atoms with Gasteiger partial charge in [-0.3, -0.25) is 4.79 Å². The highest BCUT2D eigenvalue weighted by Crippen LogP contribution is 2.07. The lowest BCUT2D eigenvalue weighted by atomic mass is 10.2. The van der Waals surface area contributed by atoms with E-state index in [9.17, 15) is 4.79 Å². The first-order valence-corrected chi connectivity index (χ1v) is 3.28. The van der Waals surface area contributed by atoms with Crippen LogP contribution < -0.4 is 0 Å². The van der Waals surface area contributed by atoms with Crippen LogP contribution in [0, 0.1) is 13.8 Å². The van der Waals surface area contributed by atoms with Crippen LogP contribution in [-0.2, 0) is 0 Å². The Morgan fingerprint density at radius 1 is 1.50 bits per heavy atom. The first kappa shape index (κ1) is 7.06. The Kier molecular flexibility index (Phi) is 1.62. The van der Waals surface area contributed by atoms with Crippen LogP contribution >= 0.6 is 0 Å². The van der Waals surface area contributed by atoms with Gasteiger partial charge in [0.1, 0.15) is 0 Å². The maximum absolute atomic E-state index is 10.8. The molecule has 1 rings (SSSR count). The van der Waals surface area contributed by atoms with Crippen molar-refractivity contribution < 1.29 is 4.79 Å². The number of aromatic nitrogens is 1. The molecule has 0 fully saturated rings. The van der Waals surface area contributed by atoms with E-state index < -0.39 is 0 Å². The molecule has 0 bridgehead atoms. The summed E-state index contributed by atoms with van der Waals surface area (Å²) in [5, 5.41) is 0. The third-order valence-electron chi connectivity index (χ3n) is 1.65. The van der Waals surface area contributed by atoms with Gasteiger partial charge in [0, 0.05) is 12.6 Å². The number of aryl methyl sites for hydroxylation is 2. The largest absolute Gasteiger partial charge is 0.356 e. The fourth-order valence-corrected chi connectivity index (χ4v) is 0.851. The number of carbonyl (C=O) groups is 1. The molecule has 0 saturated heterocycles. The fraction of sp³-hybridized carbons (Fsp3) is 0.375. The van der Waals surface area contributed by atoms with Gasteiger partial charge in [-0.1, -0.05) is 0 Å². The fourth-order valence-electron chi connectivity index (χ4n) is 0.851. The predicted molar refractivity (Wildman–Crippen MR) is 40.3 cm³/mol. The molecule has 1 heterocycles. The number of carbonyl (C=O) groups excluding carboxylic acids is 1. The summed E-state index contributed by atoms with van der Waals surface area (Å²) in [6.45, 7) is 5.50. The van der Waals surface area contributed by atoms with Crippen LogP contribution in [0.5, 0.6) is 0 Å². The van der Waals surface area contributed by atoms with Gasteiger partial charge in [-0.05, 0) is 25.5 Å². The van der Waals surface area contributed by atoms with Gasteiger partial charge in [0.15, 0.2) is 5.78 Å². The number of hydrogen-bond acceptors (Lipinski definition) is 1. The lowest BCUT2D eigenvalue weighted by Gasteiger charge is -1.85. The van der Waals surface area contributed by atoms with Crippen molar-refractivity contribution in [2.45, 2.75) is 20.8 Å². The molecule has 0 aliphatic carbocycles. The van der Waals surface area contributed by atoms with Gasteiger partial charge >= 0.3 is 0 Å². The van der Waals surface area contributed by atoms with E-state index in [0.717, 1.165) is 11.3 Å². The monoisotopic (exact) mass is 137 g/mol. The summed E-state index contributed by atoms with van der Waals surface area (Å²) in [7, 11) is 0. The molecule has 0 amide bonds. The average molecular weight is 137 g/mol. The molecule has 1 aromatic rings. The van der Waals surface area contributed by atoms with Crippen molar-refractivity contribution in [3.8, 4) is 0 Å². The Balaban J connectivity index is 3.10. The van der Waals surface area contributed by atoms with Gasteiger partial charge in [-0.25, -0.2) is 0 Å². The van der Waals surface area contributed by atoms with Crippen molar-refractivity contribution in [1.29, 1.82) is 0 Å². The Bertz CT molecular complexity index is 241. The smallest absolute Gasteiger partial charge is 0.175 e. The van der Waals surface area contributed by atoms with Crippen molar-refractivity contribution in [1.82, 2.24) is 4.98 Å². The third-order valence-corrected chi connectivity index (χ3v) is 1.65. The van der Waals surface area contributed by atoms with E-state index in [0.29, 0.717) is 5.69 Å². The zero-order chi connectivity index (χ0) is 7.72. The Morgan fingerprint density at radius 2 is 2.10 bits per heavy atom. The summed E-state index contributed by atoms with van der Waals surface area (Å²) in [6, 6.07) is 1.87. The Labute approximate surface area is 60.3 Å². The molecular weight excluding hydrogens is 126 g/mol. The molecule has 0 saturated carbocycles. The molecule has 10 heavy (non-hydrogen) atoms. The van der Waals surface area contributed by atoms with Gasteiger partial charge in [0.05, 0.1) is 5.69 Å². The molecular formula is C8H11NO. The Morgan fingerprint density at radius 3 is 2.30 bits per heavy atom. The second-order valence-corrected chi connectivity index (χ2v) is 2.55. The highest BCUT2D eigenvalue weighted by Gasteiger charge is 2.02. The summed E-state index contributed by atoms with van der Waals surface area (Å²) in [6.07, 6.45) is 0. The van der Waals surface area contributed by atoms with Crippen LogP contribution in [0.15, 0.2) is 6.07 Å². The second-order valence-electron chi connectivity index (χ2n) is 2.55. The lowest BCUT2D eigenvalue weighted by molar-refractivity contribution is 0.101. The van der Waals surface area contributed by atoms with E-state index in [1.54, 1.807) is 6.92 Å². The summed E-state index contributed by atoms with van der Waals surface area (Å²) in [5.41, 5.74) is 2.92. The standard InChI is InChI=1S/C8H11NO/c1-5-4-8(7(3)10)9-6(5)2/h4,9H,1-3H3. The molecule has 2 nitrogen and oxygen atoms in total. The van der Waals surface area contributed by atoms with Crippen molar-refractivity contribution in [2.75, 3.05) is 0 Å². The van der Waals surface area contributed by atoms with E-state index in [4.69, 9.17) is 0 Å². The molecule has 0 atom stereocenters. The van der Waals surface area contributed by atoms with Gasteiger partial charge in [-0.15, -0.1) is 0 Å². The predicted octanol–water partition coefficient (Wildman–Crippen LogP) is 1.83. The molecule has 0 aliphatic heterocycles. The number of hydrogen-bond donors (Lipinski definition) is 1. The maximum atomic E-state index is 10.8. The Hall–Kier alpha value is -1.05. The number of aromatic amines is 1. The van der Waals surface area contributed by atoms with Crippen LogP contribution in [0.25, 0.3) is 0 Å². The SMILES string of the molecule is CC(=O)c1cc(C)c(C)[nH]1. The van der Waals surface area contributed by atoms with Gasteiger partial charge in [0.2, 0.25) is 0 Å². The first-order valence-electron chi connectivity index (χ1n) is 3.28. The molecule has 54 valence electrons. The molecule has 0 spiro atoms. The molecule has 0 radical (unpaired) electrons. The zero-order valence-corrected chi connectivity index (χ0v) is 6.49. The molecule has 1 N–H and O–H groups in total. The van der Waals surface area contributed by atoms with Crippen molar-refractivity contribution in [3.63, 3.8) is 0 Å². The van der Waals surface area contributed by atoms with E-state index in [-0.39, 0.29) is 5.78 Å². The highest BCUT2D eigenvalue weighted by atomic mass is 16.1. The molecule has 0 aliphatic rings. The van der Waals surface area contributed by atoms with Gasteiger partial charge in [-0.2, -0.15) is 0 Å². The van der Waals surface area contributed by atoms with E-state index in [2.05, 4.69) is 4.98 Å². The van der Waals surface area contributed by atoms with Crippen molar-refractivity contribution in [2.24, 2.45) is 0 Å². The van der Waals surface area contributed by atoms with Crippen molar-refractivity contribution >= 4 is 5.78 Å². The molecule has 2 heteroatoms. The van der Waals surface area contributed by atoms with Crippen LogP contribution in [0.4, 0.5) is 0 Å². The minimum atomic E-state index is 0.0937. The van der Waals surface area contributed by atoms with Crippen LogP contribution in [0.1, 0.15) is 28.7 Å². The van der Waals surface area contributed by atoms with E-state index in [1.165, 1.54) is 0 Å².